The van der Waals surface area contributed by atoms with E-state index in [9.17, 15) is 0 Å². The molecule has 0 radical (unpaired) electrons. The molecule has 1 aromatic heterocycles. The van der Waals surface area contributed by atoms with Crippen LogP contribution in [0, 0.1) is 6.92 Å². The van der Waals surface area contributed by atoms with Crippen molar-refractivity contribution >= 4 is 11.8 Å². The van der Waals surface area contributed by atoms with Crippen molar-refractivity contribution < 1.29 is 0 Å². The lowest BCUT2D eigenvalue weighted by atomic mass is 10.2. The van der Waals surface area contributed by atoms with Crippen molar-refractivity contribution in [1.82, 2.24) is 14.9 Å². The second-order valence-corrected chi connectivity index (χ2v) is 4.92. The minimum Gasteiger partial charge on any atom is -0.354 e. The molecule has 0 atom stereocenters. The van der Waals surface area contributed by atoms with Gasteiger partial charge in [-0.25, -0.2) is 4.98 Å². The number of aromatic nitrogens is 2. The number of anilines is 2. The third kappa shape index (κ3) is 3.10. The van der Waals surface area contributed by atoms with Gasteiger partial charge in [0.05, 0.1) is 0 Å². The second kappa shape index (κ2) is 6.00. The highest BCUT2D eigenvalue weighted by Gasteiger charge is 2.17. The molecule has 0 aromatic carbocycles. The molecule has 0 bridgehead atoms. The zero-order chi connectivity index (χ0) is 13.0. The first-order chi connectivity index (χ1) is 8.70. The molecule has 1 N–H and O–H groups in total. The minimum atomic E-state index is 0.747. The van der Waals surface area contributed by atoms with Crippen LogP contribution >= 0.6 is 0 Å². The third-order valence-corrected chi connectivity index (χ3v) is 3.28. The van der Waals surface area contributed by atoms with Crippen LogP contribution in [0.4, 0.5) is 11.8 Å². The fraction of sp³-hybridized carbons (Fsp3) is 0.692. The van der Waals surface area contributed by atoms with Crippen LogP contribution in [0.25, 0.3) is 0 Å². The van der Waals surface area contributed by atoms with Crippen molar-refractivity contribution in [3.05, 3.63) is 11.8 Å². The normalized spacial score (nSPS) is 16.9. The van der Waals surface area contributed by atoms with Gasteiger partial charge in [-0.3, -0.25) is 0 Å². The quantitative estimate of drug-likeness (QED) is 0.873. The average molecular weight is 249 g/mol. The summed E-state index contributed by atoms with van der Waals surface area (Å²) in [6, 6.07) is 0. The molecule has 0 amide bonds. The Bertz CT molecular complexity index is 385. The lowest BCUT2D eigenvalue weighted by molar-refractivity contribution is 0.312. The molecule has 0 spiro atoms. The molecule has 1 aliphatic heterocycles. The Morgan fingerprint density at radius 2 is 2.00 bits per heavy atom. The molecule has 1 saturated heterocycles. The van der Waals surface area contributed by atoms with E-state index in [1.807, 2.05) is 6.20 Å². The molecule has 0 unspecified atom stereocenters. The Morgan fingerprint density at radius 3 is 2.67 bits per heavy atom. The zero-order valence-electron chi connectivity index (χ0n) is 11.6. The lowest BCUT2D eigenvalue weighted by Gasteiger charge is -2.34. The van der Waals surface area contributed by atoms with E-state index in [4.69, 9.17) is 0 Å². The monoisotopic (exact) mass is 249 g/mol. The molecule has 1 fully saturated rings. The summed E-state index contributed by atoms with van der Waals surface area (Å²) in [5.74, 6) is 1.83. The van der Waals surface area contributed by atoms with E-state index in [2.05, 4.69) is 46.0 Å². The Morgan fingerprint density at radius 1 is 1.28 bits per heavy atom. The standard InChI is InChI=1S/C13H23N5/c1-4-5-14-13-15-10-11(2)12(16-13)18-8-6-17(3)7-9-18/h10H,4-9H2,1-3H3,(H,14,15,16). The third-order valence-electron chi connectivity index (χ3n) is 3.28. The van der Waals surface area contributed by atoms with Gasteiger partial charge in [-0.1, -0.05) is 6.92 Å². The van der Waals surface area contributed by atoms with E-state index in [-0.39, 0.29) is 0 Å². The molecule has 2 heterocycles. The van der Waals surface area contributed by atoms with Crippen LogP contribution in [-0.4, -0.2) is 54.6 Å². The number of nitrogens with one attached hydrogen (secondary N) is 1. The molecule has 18 heavy (non-hydrogen) atoms. The molecule has 100 valence electrons. The lowest BCUT2D eigenvalue weighted by Crippen LogP contribution is -2.45. The number of hydrogen-bond donors (Lipinski definition) is 1. The first kappa shape index (κ1) is 13.1. The number of rotatable bonds is 4. The van der Waals surface area contributed by atoms with Gasteiger partial charge in [-0.15, -0.1) is 0 Å². The van der Waals surface area contributed by atoms with Gasteiger partial charge in [0.2, 0.25) is 5.95 Å². The highest BCUT2D eigenvalue weighted by molar-refractivity contribution is 5.49. The van der Waals surface area contributed by atoms with Crippen molar-refractivity contribution in [3.8, 4) is 0 Å². The van der Waals surface area contributed by atoms with Crippen molar-refractivity contribution in [1.29, 1.82) is 0 Å². The summed E-state index contributed by atoms with van der Waals surface area (Å²) in [7, 11) is 2.17. The predicted molar refractivity (Wildman–Crippen MR) is 75.3 cm³/mol. The molecule has 1 aliphatic rings. The smallest absolute Gasteiger partial charge is 0.224 e. The van der Waals surface area contributed by atoms with Crippen LogP contribution < -0.4 is 10.2 Å². The van der Waals surface area contributed by atoms with Crippen molar-refractivity contribution in [2.45, 2.75) is 20.3 Å². The molecule has 5 nitrogen and oxygen atoms in total. The first-order valence-electron chi connectivity index (χ1n) is 6.71. The maximum Gasteiger partial charge on any atom is 0.224 e. The van der Waals surface area contributed by atoms with Crippen molar-refractivity contribution in [3.63, 3.8) is 0 Å². The molecule has 1 aromatic rings. The SMILES string of the molecule is CCCNc1ncc(C)c(N2CCN(C)CC2)n1. The topological polar surface area (TPSA) is 44.3 Å². The molecular formula is C13H23N5. The average Bonchev–Trinajstić information content (AvgIpc) is 2.39. The van der Waals surface area contributed by atoms with Gasteiger partial charge in [-0.2, -0.15) is 4.98 Å². The maximum absolute atomic E-state index is 4.64. The zero-order valence-corrected chi connectivity index (χ0v) is 11.6. The van der Waals surface area contributed by atoms with Gasteiger partial charge in [0.25, 0.3) is 0 Å². The maximum atomic E-state index is 4.64. The van der Waals surface area contributed by atoms with Crippen LogP contribution in [0.2, 0.25) is 0 Å². The van der Waals surface area contributed by atoms with Crippen LogP contribution in [0.3, 0.4) is 0 Å². The fourth-order valence-electron chi connectivity index (χ4n) is 2.09. The van der Waals surface area contributed by atoms with Gasteiger partial charge in [-0.05, 0) is 20.4 Å². The van der Waals surface area contributed by atoms with E-state index in [0.717, 1.165) is 56.5 Å². The summed E-state index contributed by atoms with van der Waals surface area (Å²) >= 11 is 0. The van der Waals surface area contributed by atoms with E-state index in [1.165, 1.54) is 0 Å². The van der Waals surface area contributed by atoms with E-state index < -0.39 is 0 Å². The molecule has 0 aliphatic carbocycles. The van der Waals surface area contributed by atoms with E-state index in [0.29, 0.717) is 0 Å². The highest BCUT2D eigenvalue weighted by Crippen LogP contribution is 2.19. The first-order valence-corrected chi connectivity index (χ1v) is 6.71. The van der Waals surface area contributed by atoms with Crippen LogP contribution in [0.15, 0.2) is 6.20 Å². The number of hydrogen-bond acceptors (Lipinski definition) is 5. The summed E-state index contributed by atoms with van der Waals surface area (Å²) in [4.78, 5) is 13.7. The number of nitrogens with zero attached hydrogens (tertiary/aromatic N) is 4. The second-order valence-electron chi connectivity index (χ2n) is 4.92. The van der Waals surface area contributed by atoms with Crippen LogP contribution in [0.1, 0.15) is 18.9 Å². The van der Waals surface area contributed by atoms with Gasteiger partial charge in [0, 0.05) is 44.5 Å². The number of likely N-dealkylation sites (N-methyl/N-ethyl adjacent to an activating group) is 1. The Labute approximate surface area is 109 Å². The summed E-state index contributed by atoms with van der Waals surface area (Å²) < 4.78 is 0. The Balaban J connectivity index is 2.10. The molecular weight excluding hydrogens is 226 g/mol. The summed E-state index contributed by atoms with van der Waals surface area (Å²) in [5.41, 5.74) is 1.15. The minimum absolute atomic E-state index is 0.747. The predicted octanol–water partition coefficient (Wildman–Crippen LogP) is 1.36. The summed E-state index contributed by atoms with van der Waals surface area (Å²) in [6.45, 7) is 9.43. The van der Waals surface area contributed by atoms with Crippen LogP contribution in [0.5, 0.6) is 0 Å². The molecule has 0 saturated carbocycles. The Hall–Kier alpha value is -1.36. The molecule has 2 rings (SSSR count). The summed E-state index contributed by atoms with van der Waals surface area (Å²) in [6.07, 6.45) is 3.00. The highest BCUT2D eigenvalue weighted by atomic mass is 15.3. The molecule has 5 heteroatoms. The van der Waals surface area contributed by atoms with Gasteiger partial charge < -0.3 is 15.1 Å². The fourth-order valence-corrected chi connectivity index (χ4v) is 2.09. The van der Waals surface area contributed by atoms with Gasteiger partial charge >= 0.3 is 0 Å². The summed E-state index contributed by atoms with van der Waals surface area (Å²) in [5, 5.41) is 3.25. The van der Waals surface area contributed by atoms with Crippen molar-refractivity contribution in [2.75, 3.05) is 50.0 Å². The Kier molecular flexibility index (Phi) is 4.36. The number of aryl methyl sites for hydroxylation is 1. The largest absolute Gasteiger partial charge is 0.354 e. The number of piperazine rings is 1. The van der Waals surface area contributed by atoms with Gasteiger partial charge in [0.15, 0.2) is 0 Å². The van der Waals surface area contributed by atoms with Crippen molar-refractivity contribution in [2.24, 2.45) is 0 Å². The van der Waals surface area contributed by atoms with Crippen LogP contribution in [-0.2, 0) is 0 Å². The van der Waals surface area contributed by atoms with E-state index in [1.54, 1.807) is 0 Å². The van der Waals surface area contributed by atoms with E-state index >= 15 is 0 Å². The van der Waals surface area contributed by atoms with Gasteiger partial charge in [0.1, 0.15) is 5.82 Å².